The van der Waals surface area contributed by atoms with Gasteiger partial charge in [-0.25, -0.2) is 0 Å². The Labute approximate surface area is 178 Å². The van der Waals surface area contributed by atoms with Crippen molar-refractivity contribution >= 4 is 52.2 Å². The Balaban J connectivity index is 1.87. The summed E-state index contributed by atoms with van der Waals surface area (Å²) in [7, 11) is 0. The Bertz CT molecular complexity index is 977. The van der Waals surface area contributed by atoms with E-state index in [9.17, 15) is 14.4 Å². The van der Waals surface area contributed by atoms with Crippen molar-refractivity contribution in [3.05, 3.63) is 52.0 Å². The van der Waals surface area contributed by atoms with Crippen molar-refractivity contribution in [2.24, 2.45) is 0 Å². The largest absolute Gasteiger partial charge is 0.479 e. The molecule has 152 valence electrons. The van der Waals surface area contributed by atoms with E-state index in [1.807, 2.05) is 6.92 Å². The maximum atomic E-state index is 12.7. The van der Waals surface area contributed by atoms with E-state index in [0.717, 1.165) is 6.42 Å². The highest BCUT2D eigenvalue weighted by Gasteiger charge is 2.33. The number of fused-ring (bicyclic) bond motifs is 1. The summed E-state index contributed by atoms with van der Waals surface area (Å²) in [6, 6.07) is 9.80. The molecule has 0 fully saturated rings. The molecule has 1 heterocycles. The molecule has 6 nitrogen and oxygen atoms in total. The number of anilines is 2. The van der Waals surface area contributed by atoms with Crippen LogP contribution in [-0.2, 0) is 9.59 Å². The maximum absolute atomic E-state index is 12.7. The zero-order valence-electron chi connectivity index (χ0n) is 16.0. The van der Waals surface area contributed by atoms with Crippen molar-refractivity contribution in [1.82, 2.24) is 0 Å². The number of benzene rings is 2. The molecule has 0 radical (unpaired) electrons. The Morgan fingerprint density at radius 3 is 2.69 bits per heavy atom. The monoisotopic (exact) mass is 434 g/mol. The highest BCUT2D eigenvalue weighted by Crippen LogP contribution is 2.35. The lowest BCUT2D eigenvalue weighted by Gasteiger charge is -2.32. The van der Waals surface area contributed by atoms with Gasteiger partial charge < -0.3 is 10.1 Å². The summed E-state index contributed by atoms with van der Waals surface area (Å²) < 4.78 is 5.63. The number of hydrogen-bond donors (Lipinski definition) is 1. The molecular weight excluding hydrogens is 415 g/mol. The fourth-order valence-corrected chi connectivity index (χ4v) is 3.40. The number of halogens is 2. The third-order valence-electron chi connectivity index (χ3n) is 4.49. The van der Waals surface area contributed by atoms with Crippen molar-refractivity contribution in [3.63, 3.8) is 0 Å². The van der Waals surface area contributed by atoms with Gasteiger partial charge in [0.05, 0.1) is 21.4 Å². The van der Waals surface area contributed by atoms with E-state index in [1.54, 1.807) is 43.3 Å². The summed E-state index contributed by atoms with van der Waals surface area (Å²) in [6.45, 7) is 3.27. The number of amides is 2. The minimum atomic E-state index is -0.748. The van der Waals surface area contributed by atoms with Crippen molar-refractivity contribution in [2.75, 3.05) is 16.8 Å². The van der Waals surface area contributed by atoms with E-state index in [4.69, 9.17) is 27.9 Å². The van der Waals surface area contributed by atoms with Crippen LogP contribution >= 0.6 is 23.2 Å². The third-order valence-corrected chi connectivity index (χ3v) is 5.31. The normalized spacial score (nSPS) is 15.5. The lowest BCUT2D eigenvalue weighted by atomic mass is 10.0. The summed E-state index contributed by atoms with van der Waals surface area (Å²) in [5.74, 6) is -0.409. The first-order valence-corrected chi connectivity index (χ1v) is 9.96. The van der Waals surface area contributed by atoms with Crippen LogP contribution in [0.25, 0.3) is 0 Å². The number of nitrogens with zero attached hydrogens (tertiary/aromatic N) is 1. The predicted octanol–water partition coefficient (Wildman–Crippen LogP) is 4.73. The van der Waals surface area contributed by atoms with Gasteiger partial charge in [0.1, 0.15) is 12.3 Å². The first kappa shape index (κ1) is 21.1. The van der Waals surface area contributed by atoms with E-state index >= 15 is 0 Å². The Morgan fingerprint density at radius 2 is 1.97 bits per heavy atom. The summed E-state index contributed by atoms with van der Waals surface area (Å²) in [5, 5.41) is 3.19. The number of carbonyl (C=O) groups excluding carboxylic acids is 3. The van der Waals surface area contributed by atoms with Crippen molar-refractivity contribution in [1.29, 1.82) is 0 Å². The molecule has 0 aromatic heterocycles. The summed E-state index contributed by atoms with van der Waals surface area (Å²) in [5.41, 5.74) is 1.22. The zero-order chi connectivity index (χ0) is 21.1. The van der Waals surface area contributed by atoms with Crippen LogP contribution in [0.4, 0.5) is 11.4 Å². The highest BCUT2D eigenvalue weighted by atomic mass is 35.5. The fourth-order valence-electron chi connectivity index (χ4n) is 3.05. The average Bonchev–Trinajstić information content (AvgIpc) is 2.69. The van der Waals surface area contributed by atoms with Gasteiger partial charge in [0, 0.05) is 12.0 Å². The molecule has 0 aliphatic carbocycles. The molecule has 2 aromatic carbocycles. The standard InChI is InChI=1S/C21H20Cl2N2O4/c1-3-5-17(26)13-8-9-18-16(10-13)25(21(28)12(2)29-18)11-19(27)24-15-7-4-6-14(22)20(15)23/h4,6-10,12H,3,5,11H2,1-2H3,(H,24,27). The number of ketones is 1. The number of nitrogens with one attached hydrogen (secondary N) is 1. The van der Waals surface area contributed by atoms with Crippen LogP contribution < -0.4 is 15.0 Å². The van der Waals surface area contributed by atoms with Gasteiger partial charge >= 0.3 is 0 Å². The molecule has 0 saturated heterocycles. The molecule has 1 aliphatic rings. The molecule has 2 amide bonds. The van der Waals surface area contributed by atoms with Gasteiger partial charge in [0.2, 0.25) is 5.91 Å². The van der Waals surface area contributed by atoms with Gasteiger partial charge in [-0.15, -0.1) is 0 Å². The summed E-state index contributed by atoms with van der Waals surface area (Å²) >= 11 is 12.1. The van der Waals surface area contributed by atoms with Crippen LogP contribution in [-0.4, -0.2) is 30.2 Å². The van der Waals surface area contributed by atoms with Crippen LogP contribution in [0.3, 0.4) is 0 Å². The molecule has 2 aromatic rings. The Hall–Kier alpha value is -2.57. The third kappa shape index (κ3) is 4.54. The van der Waals surface area contributed by atoms with Gasteiger partial charge in [0.15, 0.2) is 11.9 Å². The van der Waals surface area contributed by atoms with Gasteiger partial charge in [-0.2, -0.15) is 0 Å². The molecular formula is C21H20Cl2N2O4. The van der Waals surface area contributed by atoms with Gasteiger partial charge in [-0.05, 0) is 43.7 Å². The molecule has 29 heavy (non-hydrogen) atoms. The number of ether oxygens (including phenoxy) is 1. The second-order valence-corrected chi connectivity index (χ2v) is 7.47. The number of carbonyl (C=O) groups is 3. The van der Waals surface area contributed by atoms with E-state index in [1.165, 1.54) is 4.90 Å². The maximum Gasteiger partial charge on any atom is 0.268 e. The van der Waals surface area contributed by atoms with E-state index < -0.39 is 12.0 Å². The van der Waals surface area contributed by atoms with Gasteiger partial charge in [-0.1, -0.05) is 36.2 Å². The highest BCUT2D eigenvalue weighted by molar-refractivity contribution is 6.44. The lowest BCUT2D eigenvalue weighted by Crippen LogP contribution is -2.47. The van der Waals surface area contributed by atoms with Crippen molar-refractivity contribution in [2.45, 2.75) is 32.8 Å². The topological polar surface area (TPSA) is 75.7 Å². The smallest absolute Gasteiger partial charge is 0.268 e. The van der Waals surface area contributed by atoms with Crippen LogP contribution in [0.15, 0.2) is 36.4 Å². The van der Waals surface area contributed by atoms with E-state index in [0.29, 0.717) is 34.1 Å². The van der Waals surface area contributed by atoms with E-state index in [-0.39, 0.29) is 23.3 Å². The number of Topliss-reactive ketones (excluding diaryl/α,β-unsaturated/α-hetero) is 1. The second kappa shape index (κ2) is 8.84. The number of hydrogen-bond acceptors (Lipinski definition) is 4. The molecule has 1 atom stereocenters. The molecule has 3 rings (SSSR count). The lowest BCUT2D eigenvalue weighted by molar-refractivity contribution is -0.127. The fraction of sp³-hybridized carbons (Fsp3) is 0.286. The predicted molar refractivity (Wildman–Crippen MR) is 113 cm³/mol. The summed E-state index contributed by atoms with van der Waals surface area (Å²) in [4.78, 5) is 38.9. The molecule has 1 N–H and O–H groups in total. The van der Waals surface area contributed by atoms with Crippen molar-refractivity contribution in [3.8, 4) is 5.75 Å². The Morgan fingerprint density at radius 1 is 1.21 bits per heavy atom. The Kier molecular flexibility index (Phi) is 6.45. The first-order valence-electron chi connectivity index (χ1n) is 9.21. The minimum absolute atomic E-state index is 0.0310. The molecule has 0 bridgehead atoms. The SMILES string of the molecule is CCCC(=O)c1ccc2c(c1)N(CC(=O)Nc1cccc(Cl)c1Cl)C(=O)C(C)O2. The van der Waals surface area contributed by atoms with Gasteiger partial charge in [-0.3, -0.25) is 19.3 Å². The summed E-state index contributed by atoms with van der Waals surface area (Å²) in [6.07, 6.45) is 0.370. The van der Waals surface area contributed by atoms with Crippen molar-refractivity contribution < 1.29 is 19.1 Å². The molecule has 1 aliphatic heterocycles. The molecule has 1 unspecified atom stereocenters. The average molecular weight is 435 g/mol. The second-order valence-electron chi connectivity index (χ2n) is 6.69. The van der Waals surface area contributed by atoms with Gasteiger partial charge in [0.25, 0.3) is 5.91 Å². The van der Waals surface area contributed by atoms with E-state index in [2.05, 4.69) is 5.32 Å². The quantitative estimate of drug-likeness (QED) is 0.666. The zero-order valence-corrected chi connectivity index (χ0v) is 17.5. The molecule has 0 saturated carbocycles. The molecule has 0 spiro atoms. The van der Waals surface area contributed by atoms with Crippen LogP contribution in [0, 0.1) is 0 Å². The van der Waals surface area contributed by atoms with Crippen LogP contribution in [0.1, 0.15) is 37.0 Å². The first-order chi connectivity index (χ1) is 13.8. The van der Waals surface area contributed by atoms with Crippen LogP contribution in [0.5, 0.6) is 5.75 Å². The number of rotatable bonds is 6. The van der Waals surface area contributed by atoms with Crippen LogP contribution in [0.2, 0.25) is 10.0 Å². The minimum Gasteiger partial charge on any atom is -0.479 e. The molecule has 8 heteroatoms.